The molecule has 0 amide bonds. The molecule has 0 saturated heterocycles. The van der Waals surface area contributed by atoms with Gasteiger partial charge in [0, 0.05) is 5.38 Å². The van der Waals surface area contributed by atoms with Crippen molar-refractivity contribution < 1.29 is 17.9 Å². The Morgan fingerprint density at radius 3 is 2.48 bits per heavy atom. The van der Waals surface area contributed by atoms with Crippen LogP contribution in [-0.2, 0) is 21.4 Å². The fraction of sp³-hybridized carbons (Fsp3) is 0.0526. The van der Waals surface area contributed by atoms with Crippen LogP contribution < -0.4 is 5.14 Å². The summed E-state index contributed by atoms with van der Waals surface area (Å²) in [7, 11) is -3.83. The number of nitriles is 1. The summed E-state index contributed by atoms with van der Waals surface area (Å²) in [4.78, 5) is 12.0. The summed E-state index contributed by atoms with van der Waals surface area (Å²) in [5, 5.41) is 15.6. The van der Waals surface area contributed by atoms with E-state index >= 15 is 0 Å². The lowest BCUT2D eigenvalue weighted by atomic mass is 9.99. The molecule has 0 aliphatic rings. The Morgan fingerprint density at radius 1 is 1.15 bits per heavy atom. The van der Waals surface area contributed by atoms with E-state index in [0.29, 0.717) is 5.56 Å². The van der Waals surface area contributed by atoms with Gasteiger partial charge in [0.2, 0.25) is 10.0 Å². The van der Waals surface area contributed by atoms with Crippen molar-refractivity contribution in [1.82, 2.24) is 0 Å². The summed E-state index contributed by atoms with van der Waals surface area (Å²) < 4.78 is 27.6. The molecule has 3 aromatic rings. The van der Waals surface area contributed by atoms with Crippen molar-refractivity contribution in [2.45, 2.75) is 10.8 Å². The minimum atomic E-state index is -3.83. The first-order valence-electron chi connectivity index (χ1n) is 7.75. The molecule has 27 heavy (non-hydrogen) atoms. The Balaban J connectivity index is 1.68. The first-order valence-corrected chi connectivity index (χ1v) is 10.2. The van der Waals surface area contributed by atoms with Crippen molar-refractivity contribution in [3.05, 3.63) is 76.7 Å². The summed E-state index contributed by atoms with van der Waals surface area (Å²) in [5.74, 6) is -0.625. The molecule has 0 atom stereocenters. The molecule has 3 rings (SSSR count). The van der Waals surface area contributed by atoms with Gasteiger partial charge in [0.25, 0.3) is 0 Å². The number of benzene rings is 2. The van der Waals surface area contributed by atoms with Gasteiger partial charge in [0.05, 0.1) is 17.2 Å². The van der Waals surface area contributed by atoms with Crippen molar-refractivity contribution in [2.24, 2.45) is 5.14 Å². The second kappa shape index (κ2) is 7.72. The van der Waals surface area contributed by atoms with Crippen LogP contribution in [0.5, 0.6) is 0 Å². The molecule has 6 nitrogen and oxygen atoms in total. The van der Waals surface area contributed by atoms with E-state index in [1.54, 1.807) is 18.2 Å². The molecule has 1 heterocycles. The lowest BCUT2D eigenvalue weighted by Crippen LogP contribution is -2.10. The number of nitrogens with zero attached hydrogens (tertiary/aromatic N) is 1. The number of hydrogen-bond donors (Lipinski definition) is 1. The van der Waals surface area contributed by atoms with E-state index < -0.39 is 16.0 Å². The standard InChI is InChI=1S/C19H14N2O4S2/c20-10-15-3-1-2-4-17(15)14-7-5-13(6-8-14)11-25-19(22)16-9-18(26-12-16)27(21,23)24/h1-9,12H,11H2,(H2,21,23,24). The Morgan fingerprint density at radius 2 is 1.85 bits per heavy atom. The van der Waals surface area contributed by atoms with Crippen LogP contribution >= 0.6 is 11.3 Å². The van der Waals surface area contributed by atoms with Crippen molar-refractivity contribution in [3.8, 4) is 17.2 Å². The summed E-state index contributed by atoms with van der Waals surface area (Å²) >= 11 is 0.869. The quantitative estimate of drug-likeness (QED) is 0.663. The molecule has 0 bridgehead atoms. The Hall–Kier alpha value is -2.99. The highest BCUT2D eigenvalue weighted by atomic mass is 32.2. The minimum absolute atomic E-state index is 0.0412. The number of ether oxygens (including phenoxy) is 1. The first-order chi connectivity index (χ1) is 12.9. The van der Waals surface area contributed by atoms with Gasteiger partial charge in [-0.25, -0.2) is 18.4 Å². The summed E-state index contributed by atoms with van der Waals surface area (Å²) in [6, 6.07) is 18.0. The smallest absolute Gasteiger partial charge is 0.339 e. The normalized spacial score (nSPS) is 11.0. The number of thiophene rings is 1. The average molecular weight is 398 g/mol. The van der Waals surface area contributed by atoms with Crippen LogP contribution in [0.25, 0.3) is 11.1 Å². The highest BCUT2D eigenvalue weighted by Gasteiger charge is 2.16. The van der Waals surface area contributed by atoms with Gasteiger partial charge < -0.3 is 4.74 Å². The minimum Gasteiger partial charge on any atom is -0.457 e. The van der Waals surface area contributed by atoms with E-state index in [2.05, 4.69) is 6.07 Å². The summed E-state index contributed by atoms with van der Waals surface area (Å²) in [6.45, 7) is 0.0412. The van der Waals surface area contributed by atoms with Gasteiger partial charge >= 0.3 is 5.97 Å². The maximum Gasteiger partial charge on any atom is 0.339 e. The number of carbonyl (C=O) groups is 1. The Labute approximate surface area is 160 Å². The predicted molar refractivity (Wildman–Crippen MR) is 101 cm³/mol. The van der Waals surface area contributed by atoms with Gasteiger partial charge in [-0.2, -0.15) is 5.26 Å². The van der Waals surface area contributed by atoms with E-state index in [9.17, 15) is 18.5 Å². The van der Waals surface area contributed by atoms with Crippen LogP contribution in [0.2, 0.25) is 0 Å². The van der Waals surface area contributed by atoms with Gasteiger partial charge in [-0.3, -0.25) is 0 Å². The average Bonchev–Trinajstić information content (AvgIpc) is 3.17. The molecule has 0 fully saturated rings. The number of esters is 1. The lowest BCUT2D eigenvalue weighted by Gasteiger charge is -2.07. The molecule has 0 saturated carbocycles. The van der Waals surface area contributed by atoms with Crippen LogP contribution in [-0.4, -0.2) is 14.4 Å². The fourth-order valence-electron chi connectivity index (χ4n) is 2.42. The highest BCUT2D eigenvalue weighted by Crippen LogP contribution is 2.24. The molecule has 2 aromatic carbocycles. The Kier molecular flexibility index (Phi) is 5.37. The predicted octanol–water partition coefficient (Wildman–Crippen LogP) is 3.29. The third-order valence-corrected chi connectivity index (χ3v) is 6.16. The second-order valence-electron chi connectivity index (χ2n) is 5.63. The van der Waals surface area contributed by atoms with E-state index in [1.807, 2.05) is 30.3 Å². The number of primary sulfonamides is 1. The molecule has 1 aromatic heterocycles. The van der Waals surface area contributed by atoms with E-state index in [4.69, 9.17) is 9.88 Å². The number of nitrogens with two attached hydrogens (primary N) is 1. The maximum absolute atomic E-state index is 12.0. The molecule has 0 aliphatic heterocycles. The van der Waals surface area contributed by atoms with Crippen LogP contribution in [0.15, 0.2) is 64.2 Å². The first kappa shape index (κ1) is 18.8. The van der Waals surface area contributed by atoms with Crippen molar-refractivity contribution in [3.63, 3.8) is 0 Å². The topological polar surface area (TPSA) is 110 Å². The molecular formula is C19H14N2O4S2. The molecule has 0 aliphatic carbocycles. The zero-order valence-corrected chi connectivity index (χ0v) is 15.6. The summed E-state index contributed by atoms with van der Waals surface area (Å²) in [6.07, 6.45) is 0. The molecule has 0 spiro atoms. The molecular weight excluding hydrogens is 384 g/mol. The largest absolute Gasteiger partial charge is 0.457 e. The molecule has 0 radical (unpaired) electrons. The third kappa shape index (κ3) is 4.41. The third-order valence-electron chi connectivity index (χ3n) is 3.77. The zero-order valence-electron chi connectivity index (χ0n) is 14.0. The van der Waals surface area contributed by atoms with Crippen LogP contribution in [0.3, 0.4) is 0 Å². The van der Waals surface area contributed by atoms with Crippen LogP contribution in [0.4, 0.5) is 0 Å². The van der Waals surface area contributed by atoms with Gasteiger partial charge in [0.15, 0.2) is 0 Å². The van der Waals surface area contributed by atoms with Crippen LogP contribution in [0.1, 0.15) is 21.5 Å². The SMILES string of the molecule is N#Cc1ccccc1-c1ccc(COC(=O)c2csc(S(N)(=O)=O)c2)cc1. The lowest BCUT2D eigenvalue weighted by molar-refractivity contribution is 0.0473. The molecule has 0 unspecified atom stereocenters. The molecule has 2 N–H and O–H groups in total. The van der Waals surface area contributed by atoms with Gasteiger partial charge in [-0.1, -0.05) is 42.5 Å². The molecule has 8 heteroatoms. The van der Waals surface area contributed by atoms with Crippen molar-refractivity contribution in [2.75, 3.05) is 0 Å². The highest BCUT2D eigenvalue weighted by molar-refractivity contribution is 7.91. The summed E-state index contributed by atoms with van der Waals surface area (Å²) in [5.41, 5.74) is 3.21. The zero-order chi connectivity index (χ0) is 19.4. The second-order valence-corrected chi connectivity index (χ2v) is 8.33. The van der Waals surface area contributed by atoms with Crippen molar-refractivity contribution in [1.29, 1.82) is 5.26 Å². The van der Waals surface area contributed by atoms with E-state index in [1.165, 1.54) is 11.4 Å². The Bertz CT molecular complexity index is 1130. The number of carbonyl (C=O) groups excluding carboxylic acids is 1. The van der Waals surface area contributed by atoms with Gasteiger partial charge in [-0.15, -0.1) is 11.3 Å². The fourth-order valence-corrected chi connectivity index (χ4v) is 3.99. The van der Waals surface area contributed by atoms with Gasteiger partial charge in [0.1, 0.15) is 10.8 Å². The van der Waals surface area contributed by atoms with E-state index in [0.717, 1.165) is 28.0 Å². The number of sulfonamides is 1. The van der Waals surface area contributed by atoms with Crippen LogP contribution in [0, 0.1) is 11.3 Å². The number of rotatable bonds is 5. The monoisotopic (exact) mass is 398 g/mol. The number of hydrogen-bond acceptors (Lipinski definition) is 6. The van der Waals surface area contributed by atoms with E-state index in [-0.39, 0.29) is 16.4 Å². The van der Waals surface area contributed by atoms with Crippen molar-refractivity contribution >= 4 is 27.3 Å². The van der Waals surface area contributed by atoms with Gasteiger partial charge in [-0.05, 0) is 28.8 Å². The maximum atomic E-state index is 12.0. The molecule has 136 valence electrons.